The second kappa shape index (κ2) is 6.88. The van der Waals surface area contributed by atoms with Gasteiger partial charge in [0.15, 0.2) is 0 Å². The van der Waals surface area contributed by atoms with Gasteiger partial charge in [0.05, 0.1) is 0 Å². The van der Waals surface area contributed by atoms with Crippen LogP contribution in [0.3, 0.4) is 0 Å². The normalized spacial score (nSPS) is 16.4. The molecule has 0 unspecified atom stereocenters. The lowest BCUT2D eigenvalue weighted by molar-refractivity contribution is 0.585. The maximum atomic E-state index is 6.95. The van der Waals surface area contributed by atoms with Crippen LogP contribution in [0.4, 0.5) is 0 Å². The molecule has 0 aromatic heterocycles. The third kappa shape index (κ3) is 2.74. The van der Waals surface area contributed by atoms with E-state index in [0.29, 0.717) is 0 Å². The van der Waals surface area contributed by atoms with E-state index in [1.165, 1.54) is 32.8 Å². The zero-order chi connectivity index (χ0) is 25.1. The predicted molar refractivity (Wildman–Crippen MR) is 153 cm³/mol. The molecule has 0 saturated carbocycles. The molecule has 3 aliphatic carbocycles. The van der Waals surface area contributed by atoms with Crippen LogP contribution < -0.4 is 22.9 Å². The molecule has 0 saturated heterocycles. The molecule has 0 bridgehead atoms. The summed E-state index contributed by atoms with van der Waals surface area (Å²) < 4.78 is 0. The smallest absolute Gasteiger partial charge is 0.118 e. The molecule has 5 aromatic rings. The lowest BCUT2D eigenvalue weighted by Crippen LogP contribution is -2.45. The predicted octanol–water partition coefficient (Wildman–Crippen LogP) is 5.47. The fourth-order valence-corrected chi connectivity index (χ4v) is 6.81. The number of hydrogen-bond donors (Lipinski definition) is 4. The second-order valence-corrected chi connectivity index (χ2v) is 10.7. The first kappa shape index (κ1) is 20.8. The molecule has 0 radical (unpaired) electrons. The highest BCUT2D eigenvalue weighted by molar-refractivity contribution is 6.05. The van der Waals surface area contributed by atoms with Crippen molar-refractivity contribution >= 4 is 33.7 Å². The fourth-order valence-electron chi connectivity index (χ4n) is 6.81. The third-order valence-corrected chi connectivity index (χ3v) is 8.35. The van der Waals surface area contributed by atoms with Gasteiger partial charge in [-0.1, -0.05) is 54.6 Å². The van der Waals surface area contributed by atoms with Gasteiger partial charge in [0.25, 0.3) is 0 Å². The van der Waals surface area contributed by atoms with Crippen molar-refractivity contribution in [3.63, 3.8) is 0 Å². The van der Waals surface area contributed by atoms with E-state index in [1.54, 1.807) is 0 Å². The van der Waals surface area contributed by atoms with Crippen molar-refractivity contribution in [2.75, 3.05) is 0 Å². The van der Waals surface area contributed by atoms with E-state index in [1.807, 2.05) is 0 Å². The van der Waals surface area contributed by atoms with Crippen molar-refractivity contribution in [3.05, 3.63) is 118 Å². The lowest BCUT2D eigenvalue weighted by Gasteiger charge is -2.24. The Morgan fingerprint density at radius 1 is 0.622 bits per heavy atom. The minimum absolute atomic E-state index is 0.751. The molecule has 4 nitrogen and oxygen atoms in total. The van der Waals surface area contributed by atoms with Crippen molar-refractivity contribution in [2.24, 2.45) is 22.9 Å². The molecule has 5 aromatic carbocycles. The molecule has 0 fully saturated rings. The molecular formula is C33H26N4. The fraction of sp³-hybridized carbons (Fsp3) is 0.0909. The summed E-state index contributed by atoms with van der Waals surface area (Å²) in [6.07, 6.45) is 5.71. The summed E-state index contributed by atoms with van der Waals surface area (Å²) in [6, 6.07) is 26.0. The van der Waals surface area contributed by atoms with Gasteiger partial charge in [-0.05, 0) is 108 Å². The molecule has 0 amide bonds. The molecule has 37 heavy (non-hydrogen) atoms. The summed E-state index contributed by atoms with van der Waals surface area (Å²) in [5, 5.41) is 4.90. The summed E-state index contributed by atoms with van der Waals surface area (Å²) in [4.78, 5) is 0. The van der Waals surface area contributed by atoms with Gasteiger partial charge in [-0.25, -0.2) is 0 Å². The highest BCUT2D eigenvalue weighted by Gasteiger charge is 2.39. The van der Waals surface area contributed by atoms with Crippen LogP contribution in [0.2, 0.25) is 0 Å². The van der Waals surface area contributed by atoms with Crippen LogP contribution in [0.5, 0.6) is 0 Å². The Morgan fingerprint density at radius 2 is 1.38 bits per heavy atom. The standard InChI is InChI=1S/C33H26N4/c34-24-11-19-4-1-3-18-9-22(10-23(13-24)30(18)19)17-7-8-26-28(14-17)33(36,37)29-15-21-6-2-5-20-12-25(35)16-27(31(20)21)32(26)29/h1-11,14-16H,12-13,34-37H2. The maximum Gasteiger partial charge on any atom is 0.118 e. The Balaban J connectivity index is 1.36. The maximum absolute atomic E-state index is 6.95. The van der Waals surface area contributed by atoms with Crippen molar-refractivity contribution in [2.45, 2.75) is 18.5 Å². The zero-order valence-corrected chi connectivity index (χ0v) is 20.3. The number of allylic oxidation sites excluding steroid dienone is 2. The van der Waals surface area contributed by atoms with Crippen molar-refractivity contribution in [1.82, 2.24) is 0 Å². The number of fused-ring (bicyclic) bond motifs is 4. The second-order valence-electron chi connectivity index (χ2n) is 10.7. The van der Waals surface area contributed by atoms with E-state index in [4.69, 9.17) is 22.9 Å². The summed E-state index contributed by atoms with van der Waals surface area (Å²) in [6.45, 7) is 0. The van der Waals surface area contributed by atoms with E-state index in [2.05, 4.69) is 84.9 Å². The topological polar surface area (TPSA) is 104 Å². The Kier molecular flexibility index (Phi) is 3.87. The summed E-state index contributed by atoms with van der Waals surface area (Å²) >= 11 is 0. The average molecular weight is 479 g/mol. The molecule has 0 spiro atoms. The molecule has 178 valence electrons. The molecule has 0 aliphatic heterocycles. The van der Waals surface area contributed by atoms with Crippen molar-refractivity contribution in [1.29, 1.82) is 0 Å². The molecular weight excluding hydrogens is 452 g/mol. The monoisotopic (exact) mass is 478 g/mol. The number of rotatable bonds is 1. The Labute approximate surface area is 214 Å². The minimum atomic E-state index is -1.10. The van der Waals surface area contributed by atoms with Crippen LogP contribution in [0.15, 0.2) is 84.2 Å². The SMILES string of the molecule is NC1=Cc2cccc3cc(-c4ccc5c(c4)C(N)(N)c4cc6cccc7c6c(c4-5)C=C(N)C7)cc(c23)C1. The number of hydrogen-bond acceptors (Lipinski definition) is 4. The van der Waals surface area contributed by atoms with Gasteiger partial charge in [-0.15, -0.1) is 0 Å². The van der Waals surface area contributed by atoms with Gasteiger partial charge in [0, 0.05) is 24.2 Å². The molecule has 3 aliphatic rings. The van der Waals surface area contributed by atoms with Gasteiger partial charge >= 0.3 is 0 Å². The van der Waals surface area contributed by atoms with Crippen molar-refractivity contribution < 1.29 is 0 Å². The van der Waals surface area contributed by atoms with E-state index in [-0.39, 0.29) is 0 Å². The van der Waals surface area contributed by atoms with Crippen molar-refractivity contribution in [3.8, 4) is 22.3 Å². The molecule has 8 N–H and O–H groups in total. The van der Waals surface area contributed by atoms with Gasteiger partial charge in [-0.2, -0.15) is 0 Å². The first-order valence-electron chi connectivity index (χ1n) is 12.7. The first-order chi connectivity index (χ1) is 17.9. The largest absolute Gasteiger partial charge is 0.402 e. The van der Waals surface area contributed by atoms with Gasteiger partial charge in [-0.3, -0.25) is 0 Å². The van der Waals surface area contributed by atoms with Gasteiger partial charge in [0.2, 0.25) is 0 Å². The van der Waals surface area contributed by atoms with Gasteiger partial charge < -0.3 is 22.9 Å². The average Bonchev–Trinajstić information content (AvgIpc) is 3.10. The van der Waals surface area contributed by atoms with Gasteiger partial charge in [0.1, 0.15) is 5.66 Å². The summed E-state index contributed by atoms with van der Waals surface area (Å²) in [5.74, 6) is 0. The quantitative estimate of drug-likeness (QED) is 0.240. The van der Waals surface area contributed by atoms with E-state index >= 15 is 0 Å². The molecule has 4 heteroatoms. The minimum Gasteiger partial charge on any atom is -0.402 e. The zero-order valence-electron chi connectivity index (χ0n) is 20.3. The molecule has 0 atom stereocenters. The van der Waals surface area contributed by atoms with E-state index in [9.17, 15) is 0 Å². The summed E-state index contributed by atoms with van der Waals surface area (Å²) in [7, 11) is 0. The number of nitrogens with two attached hydrogens (primary N) is 4. The Hall–Kier alpha value is -4.38. The van der Waals surface area contributed by atoms with Crippen LogP contribution in [0.25, 0.3) is 56.0 Å². The van der Waals surface area contributed by atoms with Crippen LogP contribution >= 0.6 is 0 Å². The van der Waals surface area contributed by atoms with Crippen LogP contribution in [0.1, 0.15) is 33.4 Å². The highest BCUT2D eigenvalue weighted by Crippen LogP contribution is 2.50. The van der Waals surface area contributed by atoms with E-state index < -0.39 is 5.66 Å². The lowest BCUT2D eigenvalue weighted by atomic mass is 9.85. The van der Waals surface area contributed by atoms with Crippen LogP contribution in [-0.4, -0.2) is 0 Å². The van der Waals surface area contributed by atoms with Crippen LogP contribution in [-0.2, 0) is 18.5 Å². The first-order valence-corrected chi connectivity index (χ1v) is 12.7. The highest BCUT2D eigenvalue weighted by atomic mass is 15.0. The molecule has 8 rings (SSSR count). The molecule has 0 heterocycles. The van der Waals surface area contributed by atoms with E-state index in [0.717, 1.165) is 68.6 Å². The number of benzene rings is 5. The Bertz CT molecular complexity index is 1920. The third-order valence-electron chi connectivity index (χ3n) is 8.35. The summed E-state index contributed by atoms with van der Waals surface area (Å²) in [5.41, 5.74) is 38.3. The van der Waals surface area contributed by atoms with Crippen LogP contribution in [0, 0.1) is 0 Å². The Morgan fingerprint density at radius 3 is 2.24 bits per heavy atom.